The van der Waals surface area contributed by atoms with E-state index in [-0.39, 0.29) is 23.5 Å². The number of nitrogens with one attached hydrogen (secondary N) is 1. The highest BCUT2D eigenvalue weighted by molar-refractivity contribution is 6.28. The van der Waals surface area contributed by atoms with Gasteiger partial charge in [0.05, 0.1) is 19.9 Å². The maximum Gasteiger partial charge on any atom is 0.434 e. The lowest BCUT2D eigenvalue weighted by molar-refractivity contribution is 0.133. The summed E-state index contributed by atoms with van der Waals surface area (Å²) in [5.41, 5.74) is 2.51. The van der Waals surface area contributed by atoms with Gasteiger partial charge in [0.25, 0.3) is 0 Å². The summed E-state index contributed by atoms with van der Waals surface area (Å²) >= 11 is 5.64. The molecule has 1 aromatic heterocycles. The van der Waals surface area contributed by atoms with E-state index in [2.05, 4.69) is 20.5 Å². The number of carbonyl (C=O) groups is 1. The third kappa shape index (κ3) is 4.14. The molecule has 0 saturated carbocycles. The fraction of sp³-hybridized carbons (Fsp3) is 0.333. The molecule has 19 heavy (non-hydrogen) atoms. The van der Waals surface area contributed by atoms with Crippen LogP contribution in [0.3, 0.4) is 0 Å². The zero-order chi connectivity index (χ0) is 14.3. The predicted octanol–water partition coefficient (Wildman–Crippen LogP) is 1.34. The van der Waals surface area contributed by atoms with E-state index >= 15 is 0 Å². The van der Waals surface area contributed by atoms with Gasteiger partial charge in [-0.2, -0.15) is 9.99 Å². The van der Waals surface area contributed by atoms with Crippen molar-refractivity contribution in [3.8, 4) is 5.75 Å². The van der Waals surface area contributed by atoms with Gasteiger partial charge < -0.3 is 14.7 Å². The molecule has 0 aliphatic heterocycles. The van der Waals surface area contributed by atoms with Crippen molar-refractivity contribution in [1.29, 1.82) is 0 Å². The Morgan fingerprint density at radius 3 is 3.05 bits per heavy atom. The molecule has 10 heteroatoms. The first kappa shape index (κ1) is 14.8. The van der Waals surface area contributed by atoms with Gasteiger partial charge in [-0.1, -0.05) is 5.16 Å². The molecule has 9 nitrogen and oxygen atoms in total. The fourth-order valence-corrected chi connectivity index (χ4v) is 1.19. The van der Waals surface area contributed by atoms with Crippen LogP contribution in [-0.2, 0) is 4.74 Å². The molecule has 1 aromatic rings. The van der Waals surface area contributed by atoms with E-state index in [1.165, 1.54) is 13.3 Å². The minimum absolute atomic E-state index is 0.0481. The Bertz CT molecular complexity index is 470. The Morgan fingerprint density at radius 2 is 2.47 bits per heavy atom. The highest BCUT2D eigenvalue weighted by Crippen LogP contribution is 2.22. The monoisotopic (exact) mass is 289 g/mol. The SMILES string of the molecule is CCOC(=O)N(C=NO)Nc1nc(Cl)ncc1OC. The molecule has 104 valence electrons. The van der Waals surface area contributed by atoms with Crippen LogP contribution in [0.2, 0.25) is 5.28 Å². The summed E-state index contributed by atoms with van der Waals surface area (Å²) < 4.78 is 9.72. The Labute approximate surface area is 113 Å². The quantitative estimate of drug-likeness (QED) is 0.277. The van der Waals surface area contributed by atoms with E-state index in [0.29, 0.717) is 0 Å². The molecule has 1 rings (SSSR count). The van der Waals surface area contributed by atoms with Crippen LogP contribution >= 0.6 is 11.6 Å². The molecule has 0 bridgehead atoms. The molecule has 0 unspecified atom stereocenters. The van der Waals surface area contributed by atoms with Crippen molar-refractivity contribution >= 4 is 29.9 Å². The number of ether oxygens (including phenoxy) is 2. The number of methoxy groups -OCH3 is 1. The van der Waals surface area contributed by atoms with E-state index in [1.807, 2.05) is 0 Å². The number of anilines is 1. The van der Waals surface area contributed by atoms with Gasteiger partial charge in [-0.3, -0.25) is 5.43 Å². The van der Waals surface area contributed by atoms with E-state index in [9.17, 15) is 4.79 Å². The molecular formula is C9H12ClN5O4. The standard InChI is InChI=1S/C9H12ClN5O4/c1-3-19-9(16)15(5-12-17)14-7-6(18-2)4-11-8(10)13-7/h4-5,17H,3H2,1-2H3,(H,11,13,14). The normalized spacial score (nSPS) is 10.3. The molecule has 0 spiro atoms. The number of oxime groups is 1. The smallest absolute Gasteiger partial charge is 0.434 e. The van der Waals surface area contributed by atoms with Crippen LogP contribution < -0.4 is 10.2 Å². The number of hydrogen-bond acceptors (Lipinski definition) is 8. The fourth-order valence-electron chi connectivity index (χ4n) is 1.06. The first-order valence-electron chi connectivity index (χ1n) is 5.09. The number of amides is 1. The van der Waals surface area contributed by atoms with Crippen LogP contribution in [0, 0.1) is 0 Å². The third-order valence-corrected chi connectivity index (χ3v) is 1.99. The average Bonchev–Trinajstić information content (AvgIpc) is 2.39. The van der Waals surface area contributed by atoms with Crippen LogP contribution in [-0.4, -0.2) is 46.3 Å². The number of nitrogens with zero attached hydrogens (tertiary/aromatic N) is 4. The Morgan fingerprint density at radius 1 is 1.74 bits per heavy atom. The molecular weight excluding hydrogens is 278 g/mol. The van der Waals surface area contributed by atoms with Crippen LogP contribution in [0.4, 0.5) is 10.6 Å². The summed E-state index contributed by atoms with van der Waals surface area (Å²) in [6, 6.07) is 0. The molecule has 2 N–H and O–H groups in total. The van der Waals surface area contributed by atoms with Gasteiger partial charge in [0.15, 0.2) is 17.9 Å². The van der Waals surface area contributed by atoms with Gasteiger partial charge in [0, 0.05) is 0 Å². The molecule has 0 atom stereocenters. The van der Waals surface area contributed by atoms with E-state index < -0.39 is 6.09 Å². The van der Waals surface area contributed by atoms with Crippen molar-refractivity contribution in [1.82, 2.24) is 15.0 Å². The lowest BCUT2D eigenvalue weighted by Gasteiger charge is -2.18. The van der Waals surface area contributed by atoms with Gasteiger partial charge in [0.1, 0.15) is 0 Å². The maximum atomic E-state index is 11.5. The number of rotatable bonds is 5. The third-order valence-electron chi connectivity index (χ3n) is 1.80. The number of hydrogen-bond donors (Lipinski definition) is 2. The summed E-state index contributed by atoms with van der Waals surface area (Å²) in [4.78, 5) is 19.1. The van der Waals surface area contributed by atoms with Crippen LogP contribution in [0.1, 0.15) is 6.92 Å². The number of aromatic nitrogens is 2. The molecule has 0 aliphatic rings. The zero-order valence-electron chi connectivity index (χ0n) is 10.2. The summed E-state index contributed by atoms with van der Waals surface area (Å²) in [6.45, 7) is 1.78. The van der Waals surface area contributed by atoms with Crippen molar-refractivity contribution in [2.24, 2.45) is 5.16 Å². The highest BCUT2D eigenvalue weighted by atomic mass is 35.5. The summed E-state index contributed by atoms with van der Waals surface area (Å²) in [7, 11) is 1.40. The zero-order valence-corrected chi connectivity index (χ0v) is 11.0. The Balaban J connectivity index is 2.95. The lowest BCUT2D eigenvalue weighted by Crippen LogP contribution is -2.36. The first-order valence-corrected chi connectivity index (χ1v) is 5.46. The van der Waals surface area contributed by atoms with E-state index in [4.69, 9.17) is 26.3 Å². The van der Waals surface area contributed by atoms with Crippen molar-refractivity contribution in [2.45, 2.75) is 6.92 Å². The van der Waals surface area contributed by atoms with Gasteiger partial charge in [0.2, 0.25) is 5.28 Å². The minimum atomic E-state index is -0.794. The van der Waals surface area contributed by atoms with Gasteiger partial charge >= 0.3 is 6.09 Å². The van der Waals surface area contributed by atoms with Crippen LogP contribution in [0.25, 0.3) is 0 Å². The summed E-state index contributed by atoms with van der Waals surface area (Å²) in [6.07, 6.45) is 1.32. The highest BCUT2D eigenvalue weighted by Gasteiger charge is 2.16. The van der Waals surface area contributed by atoms with Gasteiger partial charge in [-0.25, -0.2) is 9.78 Å². The first-order chi connectivity index (χ1) is 9.12. The van der Waals surface area contributed by atoms with Crippen molar-refractivity contribution in [2.75, 3.05) is 19.1 Å². The second-order valence-electron chi connectivity index (χ2n) is 2.97. The number of halogens is 1. The molecule has 0 fully saturated rings. The Hall–Kier alpha value is -2.29. The molecule has 0 aliphatic carbocycles. The van der Waals surface area contributed by atoms with Crippen molar-refractivity contribution < 1.29 is 19.5 Å². The predicted molar refractivity (Wildman–Crippen MR) is 66.4 cm³/mol. The molecule has 0 radical (unpaired) electrons. The van der Waals surface area contributed by atoms with Crippen LogP contribution in [0.15, 0.2) is 11.4 Å². The second kappa shape index (κ2) is 7.21. The van der Waals surface area contributed by atoms with E-state index in [0.717, 1.165) is 11.3 Å². The van der Waals surface area contributed by atoms with Crippen LogP contribution in [0.5, 0.6) is 5.75 Å². The van der Waals surface area contributed by atoms with Crippen molar-refractivity contribution in [3.05, 3.63) is 11.5 Å². The summed E-state index contributed by atoms with van der Waals surface area (Å²) in [5, 5.41) is 12.0. The van der Waals surface area contributed by atoms with E-state index in [1.54, 1.807) is 6.92 Å². The topological polar surface area (TPSA) is 109 Å². The number of hydrazine groups is 1. The lowest BCUT2D eigenvalue weighted by atomic mass is 10.5. The van der Waals surface area contributed by atoms with Crippen molar-refractivity contribution in [3.63, 3.8) is 0 Å². The molecule has 0 aromatic carbocycles. The Kier molecular flexibility index (Phi) is 5.61. The van der Waals surface area contributed by atoms with Gasteiger partial charge in [-0.15, -0.1) is 0 Å². The molecule has 0 saturated heterocycles. The molecule has 1 amide bonds. The molecule has 1 heterocycles. The number of carbonyl (C=O) groups excluding carboxylic acids is 1. The summed E-state index contributed by atoms with van der Waals surface area (Å²) in [5.74, 6) is 0.348. The maximum absolute atomic E-state index is 11.5. The van der Waals surface area contributed by atoms with Gasteiger partial charge in [-0.05, 0) is 18.5 Å². The minimum Gasteiger partial charge on any atom is -0.491 e. The largest absolute Gasteiger partial charge is 0.491 e. The average molecular weight is 290 g/mol. The second-order valence-corrected chi connectivity index (χ2v) is 3.31.